The van der Waals surface area contributed by atoms with E-state index in [-0.39, 0.29) is 11.8 Å². The predicted octanol–water partition coefficient (Wildman–Crippen LogP) is 4.79. The summed E-state index contributed by atoms with van der Waals surface area (Å²) >= 11 is 0. The Bertz CT molecular complexity index is 1100. The van der Waals surface area contributed by atoms with Gasteiger partial charge < -0.3 is 14.6 Å². The summed E-state index contributed by atoms with van der Waals surface area (Å²) in [4.78, 5) is 26.8. The summed E-state index contributed by atoms with van der Waals surface area (Å²) in [5, 5.41) is 9.34. The Morgan fingerprint density at radius 3 is 1.53 bits per heavy atom. The summed E-state index contributed by atoms with van der Waals surface area (Å²) < 4.78 is 10.8. The second-order valence-corrected chi connectivity index (χ2v) is 6.59. The summed E-state index contributed by atoms with van der Waals surface area (Å²) in [6.07, 6.45) is 5.97. The number of Topliss-reactive ketones (excluding diaryl/α,β-unsaturated/α-hetero) is 1. The number of aliphatic hydroxyl groups excluding tert-OH is 1. The van der Waals surface area contributed by atoms with Crippen molar-refractivity contribution in [3.05, 3.63) is 96.6 Å². The van der Waals surface area contributed by atoms with Gasteiger partial charge in [0.1, 0.15) is 11.5 Å². The van der Waals surface area contributed by atoms with Gasteiger partial charge in [0, 0.05) is 30.4 Å². The third-order valence-corrected chi connectivity index (χ3v) is 4.13. The lowest BCUT2D eigenvalue weighted by Crippen LogP contribution is -1.93. The van der Waals surface area contributed by atoms with Crippen LogP contribution >= 0.6 is 0 Å². The van der Waals surface area contributed by atoms with Gasteiger partial charge in [0.05, 0.1) is 6.10 Å². The van der Waals surface area contributed by atoms with Gasteiger partial charge in [-0.05, 0) is 67.9 Å². The molecule has 0 saturated heterocycles. The van der Waals surface area contributed by atoms with E-state index in [2.05, 4.69) is 19.9 Å². The lowest BCUT2D eigenvalue weighted by molar-refractivity contribution is 0.101. The zero-order valence-corrected chi connectivity index (χ0v) is 17.6. The molecule has 1 atom stereocenters. The van der Waals surface area contributed by atoms with E-state index in [1.165, 1.54) is 6.92 Å². The first kappa shape index (κ1) is 22.5. The van der Waals surface area contributed by atoms with Crippen LogP contribution in [0.2, 0.25) is 0 Å². The molecule has 0 radical (unpaired) electrons. The van der Waals surface area contributed by atoms with Gasteiger partial charge in [0.15, 0.2) is 5.78 Å². The minimum Gasteiger partial charge on any atom is -0.424 e. The van der Waals surface area contributed by atoms with Gasteiger partial charge in [0.25, 0.3) is 0 Å². The Kier molecular flexibility index (Phi) is 7.94. The van der Waals surface area contributed by atoms with Crippen LogP contribution in [0.4, 0.5) is 0 Å². The Hall–Kier alpha value is -4.17. The second kappa shape index (κ2) is 11.3. The molecule has 8 heteroatoms. The van der Waals surface area contributed by atoms with Crippen LogP contribution in [0.3, 0.4) is 0 Å². The van der Waals surface area contributed by atoms with Crippen molar-refractivity contribution in [3.8, 4) is 23.5 Å². The molecule has 162 valence electrons. The van der Waals surface area contributed by atoms with Crippen molar-refractivity contribution in [3.63, 3.8) is 0 Å². The molecule has 1 unspecified atom stereocenters. The number of ketones is 1. The topological polar surface area (TPSA) is 107 Å². The van der Waals surface area contributed by atoms with Crippen molar-refractivity contribution in [1.82, 2.24) is 19.9 Å². The van der Waals surface area contributed by atoms with Crippen molar-refractivity contribution < 1.29 is 19.4 Å². The molecule has 8 nitrogen and oxygen atoms in total. The number of carbonyl (C=O) groups excluding carboxylic acids is 1. The third kappa shape index (κ3) is 6.96. The van der Waals surface area contributed by atoms with E-state index < -0.39 is 6.10 Å². The lowest BCUT2D eigenvalue weighted by Gasteiger charge is -2.06. The minimum atomic E-state index is -0.470. The first-order chi connectivity index (χ1) is 15.5. The maximum Gasteiger partial charge on any atom is 0.321 e. The second-order valence-electron chi connectivity index (χ2n) is 6.59. The number of hydrogen-bond acceptors (Lipinski definition) is 8. The van der Waals surface area contributed by atoms with E-state index in [0.717, 1.165) is 5.56 Å². The molecule has 1 N–H and O–H groups in total. The quantitative estimate of drug-likeness (QED) is 0.435. The van der Waals surface area contributed by atoms with Crippen LogP contribution in [0.15, 0.2) is 85.5 Å². The Morgan fingerprint density at radius 1 is 0.750 bits per heavy atom. The number of nitrogens with zero attached hydrogens (tertiary/aromatic N) is 4. The van der Waals surface area contributed by atoms with Gasteiger partial charge in [-0.3, -0.25) is 4.79 Å². The Balaban J connectivity index is 0.000000181. The van der Waals surface area contributed by atoms with Gasteiger partial charge >= 0.3 is 12.0 Å². The van der Waals surface area contributed by atoms with Crippen LogP contribution in [0, 0.1) is 0 Å². The molecule has 0 saturated carbocycles. The zero-order chi connectivity index (χ0) is 22.8. The number of hydrogen-bond donors (Lipinski definition) is 1. The van der Waals surface area contributed by atoms with Crippen LogP contribution in [-0.2, 0) is 0 Å². The van der Waals surface area contributed by atoms with E-state index in [1.54, 1.807) is 80.2 Å². The zero-order valence-electron chi connectivity index (χ0n) is 17.6. The fourth-order valence-electron chi connectivity index (χ4n) is 2.46. The number of benzene rings is 2. The smallest absolute Gasteiger partial charge is 0.321 e. The number of rotatable bonds is 6. The average molecular weight is 430 g/mol. The molecule has 0 aliphatic heterocycles. The van der Waals surface area contributed by atoms with Gasteiger partial charge in [-0.1, -0.05) is 12.1 Å². The highest BCUT2D eigenvalue weighted by Gasteiger charge is 2.03. The molecule has 0 bridgehead atoms. The fourth-order valence-corrected chi connectivity index (χ4v) is 2.46. The molecule has 0 aliphatic carbocycles. The van der Waals surface area contributed by atoms with E-state index in [4.69, 9.17) is 9.47 Å². The summed E-state index contributed by atoms with van der Waals surface area (Å²) in [7, 11) is 0. The van der Waals surface area contributed by atoms with Crippen LogP contribution in [0.5, 0.6) is 23.5 Å². The highest BCUT2D eigenvalue weighted by Crippen LogP contribution is 2.20. The molecule has 0 fully saturated rings. The van der Waals surface area contributed by atoms with Gasteiger partial charge in [-0.2, -0.15) is 0 Å². The summed E-state index contributed by atoms with van der Waals surface area (Å²) in [6.45, 7) is 3.24. The van der Waals surface area contributed by atoms with Crippen molar-refractivity contribution in [2.75, 3.05) is 0 Å². The van der Waals surface area contributed by atoms with Crippen molar-refractivity contribution in [1.29, 1.82) is 0 Å². The fraction of sp³-hybridized carbons (Fsp3) is 0.125. The van der Waals surface area contributed by atoms with Crippen LogP contribution in [0.1, 0.15) is 35.9 Å². The maximum absolute atomic E-state index is 11.0. The molecule has 2 aromatic heterocycles. The minimum absolute atomic E-state index is 0.0301. The number of ether oxygens (including phenoxy) is 2. The molecule has 32 heavy (non-hydrogen) atoms. The van der Waals surface area contributed by atoms with Crippen LogP contribution in [0.25, 0.3) is 0 Å². The lowest BCUT2D eigenvalue weighted by atomic mass is 10.1. The van der Waals surface area contributed by atoms with Crippen LogP contribution in [-0.4, -0.2) is 30.8 Å². The predicted molar refractivity (Wildman–Crippen MR) is 118 cm³/mol. The van der Waals surface area contributed by atoms with Crippen molar-refractivity contribution in [2.45, 2.75) is 20.0 Å². The molecule has 0 spiro atoms. The van der Waals surface area contributed by atoms with Gasteiger partial charge in [0.2, 0.25) is 0 Å². The van der Waals surface area contributed by atoms with Crippen molar-refractivity contribution in [2.24, 2.45) is 0 Å². The SMILES string of the molecule is CC(=O)c1ccc(Oc2ncccn2)cc1.CC(O)c1ccc(Oc2ncccn2)cc1. The molecular formula is C24H22N4O4. The molecule has 0 aliphatic rings. The molecule has 4 rings (SSSR count). The standard InChI is InChI=1S/C12H12N2O2.C12H10N2O2/c2*1-9(15)10-3-5-11(6-4-10)16-12-13-7-2-8-14-12/h2-9,15H,1H3;2-8H,1H3. The van der Waals surface area contributed by atoms with E-state index in [1.807, 2.05) is 12.1 Å². The Morgan fingerprint density at radius 2 is 1.16 bits per heavy atom. The number of aliphatic hydroxyl groups is 1. The Labute approximate surface area is 185 Å². The largest absolute Gasteiger partial charge is 0.424 e. The first-order valence-electron chi connectivity index (χ1n) is 9.80. The highest BCUT2D eigenvalue weighted by molar-refractivity contribution is 5.94. The third-order valence-electron chi connectivity index (χ3n) is 4.13. The normalized spacial score (nSPS) is 11.0. The highest BCUT2D eigenvalue weighted by atomic mass is 16.5. The molecule has 2 heterocycles. The van der Waals surface area contributed by atoms with Gasteiger partial charge in [-0.15, -0.1) is 0 Å². The molecule has 4 aromatic rings. The van der Waals surface area contributed by atoms with E-state index in [9.17, 15) is 9.90 Å². The molecule has 0 amide bonds. The average Bonchev–Trinajstić information content (AvgIpc) is 2.82. The summed E-state index contributed by atoms with van der Waals surface area (Å²) in [5.74, 6) is 1.29. The summed E-state index contributed by atoms with van der Waals surface area (Å²) in [5.41, 5.74) is 1.50. The molecule has 2 aromatic carbocycles. The van der Waals surface area contributed by atoms with Gasteiger partial charge in [-0.25, -0.2) is 19.9 Å². The number of carbonyl (C=O) groups is 1. The first-order valence-corrected chi connectivity index (χ1v) is 9.80. The monoisotopic (exact) mass is 430 g/mol. The molecular weight excluding hydrogens is 408 g/mol. The summed E-state index contributed by atoms with van der Waals surface area (Å²) in [6, 6.07) is 18.1. The number of aromatic nitrogens is 4. The van der Waals surface area contributed by atoms with E-state index >= 15 is 0 Å². The van der Waals surface area contributed by atoms with Crippen LogP contribution < -0.4 is 9.47 Å². The maximum atomic E-state index is 11.0. The van der Waals surface area contributed by atoms with Crippen molar-refractivity contribution >= 4 is 5.78 Å². The van der Waals surface area contributed by atoms with E-state index in [0.29, 0.717) is 23.1 Å².